The molecule has 0 unspecified atom stereocenters. The molecule has 0 aromatic heterocycles. The maximum atomic E-state index is 12.1. The Morgan fingerprint density at radius 2 is 1.21 bits per heavy atom. The average molecular weight is 315 g/mol. The second-order valence-electron chi connectivity index (χ2n) is 5.31. The Labute approximate surface area is 141 Å². The SMILES string of the molecule is O=C(O/N=C(\Cc1ccccc1)c1ccccc1)c1ccccc1. The van der Waals surface area contributed by atoms with Crippen molar-refractivity contribution >= 4 is 11.7 Å². The number of carbonyl (C=O) groups is 1. The Morgan fingerprint density at radius 1 is 0.708 bits per heavy atom. The lowest BCUT2D eigenvalue weighted by Crippen LogP contribution is -2.09. The lowest BCUT2D eigenvalue weighted by Gasteiger charge is -2.07. The van der Waals surface area contributed by atoms with E-state index in [2.05, 4.69) is 5.16 Å². The van der Waals surface area contributed by atoms with Gasteiger partial charge in [0.05, 0.1) is 11.3 Å². The van der Waals surface area contributed by atoms with Crippen molar-refractivity contribution in [3.05, 3.63) is 108 Å². The topological polar surface area (TPSA) is 38.7 Å². The van der Waals surface area contributed by atoms with Crippen LogP contribution in [0.15, 0.2) is 96.2 Å². The van der Waals surface area contributed by atoms with Crippen LogP contribution < -0.4 is 0 Å². The van der Waals surface area contributed by atoms with Crippen molar-refractivity contribution in [2.45, 2.75) is 6.42 Å². The van der Waals surface area contributed by atoms with Crippen molar-refractivity contribution in [1.82, 2.24) is 0 Å². The minimum atomic E-state index is -0.461. The van der Waals surface area contributed by atoms with Crippen LogP contribution in [0.5, 0.6) is 0 Å². The monoisotopic (exact) mass is 315 g/mol. The lowest BCUT2D eigenvalue weighted by molar-refractivity contribution is 0.0516. The van der Waals surface area contributed by atoms with Gasteiger partial charge in [-0.05, 0) is 23.3 Å². The van der Waals surface area contributed by atoms with Crippen molar-refractivity contribution < 1.29 is 9.63 Å². The van der Waals surface area contributed by atoms with Gasteiger partial charge in [-0.25, -0.2) is 4.79 Å². The summed E-state index contributed by atoms with van der Waals surface area (Å²) in [4.78, 5) is 17.3. The maximum Gasteiger partial charge on any atom is 0.365 e. The number of benzene rings is 3. The fourth-order valence-electron chi connectivity index (χ4n) is 2.33. The van der Waals surface area contributed by atoms with Gasteiger partial charge in [0.25, 0.3) is 0 Å². The summed E-state index contributed by atoms with van der Waals surface area (Å²) in [5.74, 6) is -0.461. The molecule has 0 saturated carbocycles. The second-order valence-corrected chi connectivity index (χ2v) is 5.31. The van der Waals surface area contributed by atoms with Gasteiger partial charge in [-0.3, -0.25) is 0 Å². The number of hydrogen-bond donors (Lipinski definition) is 0. The van der Waals surface area contributed by atoms with E-state index in [0.717, 1.165) is 11.1 Å². The third-order valence-corrected chi connectivity index (χ3v) is 3.57. The Balaban J connectivity index is 1.83. The molecule has 118 valence electrons. The van der Waals surface area contributed by atoms with Gasteiger partial charge in [0, 0.05) is 6.42 Å². The van der Waals surface area contributed by atoms with Crippen LogP contribution in [0.1, 0.15) is 21.5 Å². The highest BCUT2D eigenvalue weighted by Gasteiger charge is 2.09. The third kappa shape index (κ3) is 4.17. The first-order chi connectivity index (χ1) is 11.8. The van der Waals surface area contributed by atoms with Gasteiger partial charge in [0.15, 0.2) is 0 Å². The van der Waals surface area contributed by atoms with Gasteiger partial charge >= 0.3 is 5.97 Å². The fraction of sp³-hybridized carbons (Fsp3) is 0.0476. The van der Waals surface area contributed by atoms with Crippen LogP contribution in [0.3, 0.4) is 0 Å². The molecule has 0 heterocycles. The predicted molar refractivity (Wildman–Crippen MR) is 95.0 cm³/mol. The quantitative estimate of drug-likeness (QED) is 0.395. The van der Waals surface area contributed by atoms with Crippen LogP contribution >= 0.6 is 0 Å². The van der Waals surface area contributed by atoms with Gasteiger partial charge in [-0.15, -0.1) is 0 Å². The molecule has 3 aromatic rings. The summed E-state index contributed by atoms with van der Waals surface area (Å²) in [5, 5.41) is 4.13. The molecule has 3 heteroatoms. The number of carbonyl (C=O) groups excluding carboxylic acids is 1. The Hall–Kier alpha value is -3.20. The fourth-order valence-corrected chi connectivity index (χ4v) is 2.33. The Bertz CT molecular complexity index is 812. The van der Waals surface area contributed by atoms with Gasteiger partial charge < -0.3 is 4.84 Å². The van der Waals surface area contributed by atoms with Crippen LogP contribution in [0, 0.1) is 0 Å². The molecule has 0 saturated heterocycles. The molecule has 0 amide bonds. The summed E-state index contributed by atoms with van der Waals surface area (Å²) in [7, 11) is 0. The van der Waals surface area contributed by atoms with E-state index < -0.39 is 5.97 Å². The van der Waals surface area contributed by atoms with Crippen molar-refractivity contribution in [3.63, 3.8) is 0 Å². The van der Waals surface area contributed by atoms with Crippen molar-refractivity contribution in [1.29, 1.82) is 0 Å². The Morgan fingerprint density at radius 3 is 1.79 bits per heavy atom. The van der Waals surface area contributed by atoms with Crippen LogP contribution in [-0.2, 0) is 11.3 Å². The smallest absolute Gasteiger partial charge is 0.313 e. The van der Waals surface area contributed by atoms with E-state index in [1.165, 1.54) is 0 Å². The number of hydrogen-bond acceptors (Lipinski definition) is 3. The zero-order chi connectivity index (χ0) is 16.6. The molecule has 0 aliphatic heterocycles. The first-order valence-corrected chi connectivity index (χ1v) is 7.75. The predicted octanol–water partition coefficient (Wildman–Crippen LogP) is 4.49. The molecule has 0 aliphatic rings. The number of rotatable bonds is 5. The van der Waals surface area contributed by atoms with E-state index in [1.54, 1.807) is 24.3 Å². The van der Waals surface area contributed by atoms with Gasteiger partial charge in [-0.1, -0.05) is 84.0 Å². The van der Waals surface area contributed by atoms with Crippen LogP contribution in [-0.4, -0.2) is 11.7 Å². The first-order valence-electron chi connectivity index (χ1n) is 7.75. The molecule has 0 N–H and O–H groups in total. The van der Waals surface area contributed by atoms with Crippen molar-refractivity contribution in [3.8, 4) is 0 Å². The molecule has 0 bridgehead atoms. The highest BCUT2D eigenvalue weighted by atomic mass is 16.7. The number of nitrogens with zero attached hydrogens (tertiary/aromatic N) is 1. The van der Waals surface area contributed by atoms with Crippen LogP contribution in [0.25, 0.3) is 0 Å². The molecular weight excluding hydrogens is 298 g/mol. The summed E-state index contributed by atoms with van der Waals surface area (Å²) in [6, 6.07) is 28.6. The molecule has 0 radical (unpaired) electrons. The second kappa shape index (κ2) is 7.88. The highest BCUT2D eigenvalue weighted by Crippen LogP contribution is 2.10. The zero-order valence-electron chi connectivity index (χ0n) is 13.1. The van der Waals surface area contributed by atoms with Crippen LogP contribution in [0.2, 0.25) is 0 Å². The van der Waals surface area contributed by atoms with E-state index >= 15 is 0 Å². The van der Waals surface area contributed by atoms with E-state index in [9.17, 15) is 4.79 Å². The Kier molecular flexibility index (Phi) is 5.15. The zero-order valence-corrected chi connectivity index (χ0v) is 13.1. The standard InChI is InChI=1S/C21H17NO2/c23-21(19-14-8-3-9-15-19)24-22-20(18-12-6-2-7-13-18)16-17-10-4-1-5-11-17/h1-15H,16H2/b22-20+. The molecule has 3 rings (SSSR count). The molecule has 0 atom stereocenters. The minimum absolute atomic E-state index is 0.461. The van der Waals surface area contributed by atoms with E-state index in [1.807, 2.05) is 66.7 Å². The summed E-state index contributed by atoms with van der Waals surface area (Å²) < 4.78 is 0. The average Bonchev–Trinajstić information content (AvgIpc) is 2.67. The van der Waals surface area contributed by atoms with Gasteiger partial charge in [-0.2, -0.15) is 0 Å². The molecule has 3 aromatic carbocycles. The maximum absolute atomic E-state index is 12.1. The van der Waals surface area contributed by atoms with Gasteiger partial charge in [0.2, 0.25) is 0 Å². The third-order valence-electron chi connectivity index (χ3n) is 3.57. The van der Waals surface area contributed by atoms with Crippen molar-refractivity contribution in [2.24, 2.45) is 5.16 Å². The molecule has 3 nitrogen and oxygen atoms in total. The first kappa shape index (κ1) is 15.7. The molecule has 0 spiro atoms. The van der Waals surface area contributed by atoms with E-state index in [0.29, 0.717) is 17.7 Å². The molecule has 0 fully saturated rings. The summed E-state index contributed by atoms with van der Waals surface area (Å²) >= 11 is 0. The summed E-state index contributed by atoms with van der Waals surface area (Å²) in [6.07, 6.45) is 0.590. The largest absolute Gasteiger partial charge is 0.365 e. The summed E-state index contributed by atoms with van der Waals surface area (Å²) in [5.41, 5.74) is 3.23. The molecular formula is C21H17NO2. The van der Waals surface area contributed by atoms with Crippen molar-refractivity contribution in [2.75, 3.05) is 0 Å². The van der Waals surface area contributed by atoms with E-state index in [-0.39, 0.29) is 0 Å². The minimum Gasteiger partial charge on any atom is -0.313 e. The van der Waals surface area contributed by atoms with E-state index in [4.69, 9.17) is 4.84 Å². The summed E-state index contributed by atoms with van der Waals surface area (Å²) in [6.45, 7) is 0. The molecule has 24 heavy (non-hydrogen) atoms. The van der Waals surface area contributed by atoms with Gasteiger partial charge in [0.1, 0.15) is 0 Å². The normalized spacial score (nSPS) is 11.1. The van der Waals surface area contributed by atoms with Crippen LogP contribution in [0.4, 0.5) is 0 Å². The number of oxime groups is 1. The molecule has 0 aliphatic carbocycles. The lowest BCUT2D eigenvalue weighted by atomic mass is 10.0. The highest BCUT2D eigenvalue weighted by molar-refractivity contribution is 6.02.